The zero-order valence-corrected chi connectivity index (χ0v) is 16.0. The second kappa shape index (κ2) is 6.11. The summed E-state index contributed by atoms with van der Waals surface area (Å²) in [5, 5.41) is 3.97. The van der Waals surface area contributed by atoms with Gasteiger partial charge in [0.1, 0.15) is 17.0 Å². The minimum absolute atomic E-state index is 0.172. The maximum Gasteiger partial charge on any atom is 0.265 e. The number of benzene rings is 1. The molecule has 1 aromatic heterocycles. The molecule has 2 aromatic rings. The van der Waals surface area contributed by atoms with E-state index < -0.39 is 36.2 Å². The van der Waals surface area contributed by atoms with Crippen molar-refractivity contribution >= 4 is 11.8 Å². The fraction of sp³-hybridized carbons (Fsp3) is 0.476. The predicted molar refractivity (Wildman–Crippen MR) is 99.6 cm³/mol. The number of rotatable bonds is 4. The van der Waals surface area contributed by atoms with Crippen molar-refractivity contribution < 1.29 is 22.9 Å². The Balaban J connectivity index is 1.42. The highest BCUT2D eigenvalue weighted by molar-refractivity contribution is 6.02. The molecule has 2 aliphatic heterocycles. The molecule has 0 N–H and O–H groups in total. The Kier molecular flexibility index (Phi) is 3.85. The fourth-order valence-corrected chi connectivity index (χ4v) is 4.43. The molecule has 0 spiro atoms. The van der Waals surface area contributed by atoms with Crippen LogP contribution in [0.15, 0.2) is 34.9 Å². The molecular weight excluding hydrogens is 380 g/mol. The zero-order chi connectivity index (χ0) is 20.4. The fourth-order valence-electron chi connectivity index (χ4n) is 4.43. The summed E-state index contributed by atoms with van der Waals surface area (Å²) in [6.07, 6.45) is 1.98. The maximum atomic E-state index is 15.6. The average molecular weight is 401 g/mol. The van der Waals surface area contributed by atoms with Gasteiger partial charge in [-0.05, 0) is 25.7 Å². The van der Waals surface area contributed by atoms with Crippen LogP contribution in [0.1, 0.15) is 29.0 Å². The number of amides is 2. The Labute approximate surface area is 166 Å². The lowest BCUT2D eigenvalue weighted by Gasteiger charge is -2.22. The van der Waals surface area contributed by atoms with E-state index in [-0.39, 0.29) is 17.9 Å². The lowest BCUT2D eigenvalue weighted by Crippen LogP contribution is -2.47. The molecule has 0 bridgehead atoms. The standard InChI is InChI=1S/C21H21F2N3O3/c1-13-16(17(24-29-13)15-5-3-2-4-6-15)18(27)26-11-20(22)10-25(9-14-7-8-14)19(28)21(20,23)12-26/h2-6,14H,7-12H2,1H3/t20-,21-/m0/s1. The van der Waals surface area contributed by atoms with Crippen LogP contribution in [-0.4, -0.2) is 64.3 Å². The van der Waals surface area contributed by atoms with Crippen LogP contribution in [0.2, 0.25) is 0 Å². The maximum absolute atomic E-state index is 15.6. The molecular formula is C21H21F2N3O3. The van der Waals surface area contributed by atoms with Crippen molar-refractivity contribution in [3.63, 3.8) is 0 Å². The summed E-state index contributed by atoms with van der Waals surface area (Å²) >= 11 is 0. The second-order valence-electron chi connectivity index (χ2n) is 8.39. The van der Waals surface area contributed by atoms with Gasteiger partial charge in [0.2, 0.25) is 5.67 Å². The Morgan fingerprint density at radius 1 is 1.21 bits per heavy atom. The number of alkyl halides is 2. The molecule has 0 radical (unpaired) electrons. The molecule has 1 saturated carbocycles. The number of carbonyl (C=O) groups is 2. The third-order valence-electron chi connectivity index (χ3n) is 6.21. The summed E-state index contributed by atoms with van der Waals surface area (Å²) in [4.78, 5) is 28.2. The van der Waals surface area contributed by atoms with Crippen LogP contribution in [0.4, 0.5) is 8.78 Å². The molecule has 29 heavy (non-hydrogen) atoms. The molecule has 3 aliphatic rings. The van der Waals surface area contributed by atoms with E-state index in [4.69, 9.17) is 4.52 Å². The molecule has 2 saturated heterocycles. The van der Waals surface area contributed by atoms with Crippen molar-refractivity contribution in [3.05, 3.63) is 41.7 Å². The van der Waals surface area contributed by atoms with Crippen LogP contribution in [0.25, 0.3) is 11.3 Å². The van der Waals surface area contributed by atoms with E-state index in [2.05, 4.69) is 5.16 Å². The minimum atomic E-state index is -2.70. The van der Waals surface area contributed by atoms with Gasteiger partial charge >= 0.3 is 0 Å². The largest absolute Gasteiger partial charge is 0.360 e. The number of carbonyl (C=O) groups excluding carboxylic acids is 2. The lowest BCUT2D eigenvalue weighted by atomic mass is 9.93. The highest BCUT2D eigenvalue weighted by atomic mass is 19.2. The van der Waals surface area contributed by atoms with Crippen molar-refractivity contribution in [3.8, 4) is 11.3 Å². The number of fused-ring (bicyclic) bond motifs is 1. The van der Waals surface area contributed by atoms with Crippen molar-refractivity contribution in [2.45, 2.75) is 31.1 Å². The van der Waals surface area contributed by atoms with Gasteiger partial charge in [-0.15, -0.1) is 0 Å². The van der Waals surface area contributed by atoms with Gasteiger partial charge in [-0.2, -0.15) is 0 Å². The molecule has 1 aromatic carbocycles. The Morgan fingerprint density at radius 2 is 1.93 bits per heavy atom. The third-order valence-corrected chi connectivity index (χ3v) is 6.21. The molecule has 152 valence electrons. The van der Waals surface area contributed by atoms with Gasteiger partial charge in [0.05, 0.1) is 19.6 Å². The van der Waals surface area contributed by atoms with E-state index >= 15 is 8.78 Å². The third kappa shape index (κ3) is 2.68. The van der Waals surface area contributed by atoms with Crippen LogP contribution < -0.4 is 0 Å². The van der Waals surface area contributed by atoms with Crippen molar-refractivity contribution in [1.82, 2.24) is 15.0 Å². The molecule has 3 fully saturated rings. The number of aromatic nitrogens is 1. The number of hydrogen-bond acceptors (Lipinski definition) is 4. The van der Waals surface area contributed by atoms with E-state index in [1.807, 2.05) is 6.07 Å². The topological polar surface area (TPSA) is 66.7 Å². The highest BCUT2D eigenvalue weighted by Gasteiger charge is 2.72. The van der Waals surface area contributed by atoms with Gasteiger partial charge in [-0.25, -0.2) is 8.78 Å². The lowest BCUT2D eigenvalue weighted by molar-refractivity contribution is -0.139. The summed E-state index contributed by atoms with van der Waals surface area (Å²) in [5.74, 6) is -0.802. The normalized spacial score (nSPS) is 28.9. The first-order chi connectivity index (χ1) is 13.8. The zero-order valence-electron chi connectivity index (χ0n) is 16.0. The van der Waals surface area contributed by atoms with Gasteiger partial charge in [-0.1, -0.05) is 35.5 Å². The van der Waals surface area contributed by atoms with Crippen LogP contribution in [-0.2, 0) is 4.79 Å². The van der Waals surface area contributed by atoms with Gasteiger partial charge in [0, 0.05) is 12.1 Å². The monoisotopic (exact) mass is 401 g/mol. The average Bonchev–Trinajstić information content (AvgIpc) is 3.33. The Morgan fingerprint density at radius 3 is 2.59 bits per heavy atom. The van der Waals surface area contributed by atoms with E-state index in [0.717, 1.165) is 17.7 Å². The van der Waals surface area contributed by atoms with Crippen molar-refractivity contribution in [1.29, 1.82) is 0 Å². The number of nitrogens with zero attached hydrogens (tertiary/aromatic N) is 3. The Hall–Kier alpha value is -2.77. The van der Waals surface area contributed by atoms with E-state index in [0.29, 0.717) is 23.7 Å². The van der Waals surface area contributed by atoms with Gasteiger partial charge in [0.25, 0.3) is 11.8 Å². The molecule has 8 heteroatoms. The summed E-state index contributed by atoms with van der Waals surface area (Å²) < 4.78 is 36.3. The second-order valence-corrected chi connectivity index (χ2v) is 8.39. The van der Waals surface area contributed by atoms with Gasteiger partial charge in [0.15, 0.2) is 5.67 Å². The predicted octanol–water partition coefficient (Wildman–Crippen LogP) is 2.77. The van der Waals surface area contributed by atoms with Crippen LogP contribution in [0.5, 0.6) is 0 Å². The van der Waals surface area contributed by atoms with E-state index in [9.17, 15) is 9.59 Å². The SMILES string of the molecule is Cc1onc(-c2ccccc2)c1C(=O)N1C[C@@]2(F)CN(CC3CC3)C(=O)[C@@]2(F)C1. The summed E-state index contributed by atoms with van der Waals surface area (Å²) in [6, 6.07) is 8.99. The summed E-state index contributed by atoms with van der Waals surface area (Å²) in [6.45, 7) is 0.613. The smallest absolute Gasteiger partial charge is 0.265 e. The van der Waals surface area contributed by atoms with E-state index in [1.165, 1.54) is 4.90 Å². The summed E-state index contributed by atoms with van der Waals surface area (Å²) in [5.41, 5.74) is -3.93. The Bertz CT molecular complexity index is 990. The molecule has 5 rings (SSSR count). The summed E-state index contributed by atoms with van der Waals surface area (Å²) in [7, 11) is 0. The van der Waals surface area contributed by atoms with Gasteiger partial charge in [-0.3, -0.25) is 9.59 Å². The van der Waals surface area contributed by atoms with Crippen molar-refractivity contribution in [2.75, 3.05) is 26.2 Å². The first-order valence-corrected chi connectivity index (χ1v) is 9.80. The molecule has 6 nitrogen and oxygen atoms in total. The number of likely N-dealkylation sites (tertiary alicyclic amines) is 2. The molecule has 2 amide bonds. The van der Waals surface area contributed by atoms with Crippen LogP contribution >= 0.6 is 0 Å². The van der Waals surface area contributed by atoms with Crippen LogP contribution in [0, 0.1) is 12.8 Å². The minimum Gasteiger partial charge on any atom is -0.360 e. The van der Waals surface area contributed by atoms with E-state index in [1.54, 1.807) is 31.2 Å². The number of halogens is 2. The van der Waals surface area contributed by atoms with Crippen molar-refractivity contribution in [2.24, 2.45) is 5.92 Å². The molecule has 3 heterocycles. The first-order valence-electron chi connectivity index (χ1n) is 9.80. The highest BCUT2D eigenvalue weighted by Crippen LogP contribution is 2.47. The number of aryl methyl sites for hydroxylation is 1. The molecule has 1 aliphatic carbocycles. The molecule has 0 unspecified atom stereocenters. The number of hydrogen-bond donors (Lipinski definition) is 0. The van der Waals surface area contributed by atoms with Gasteiger partial charge < -0.3 is 14.3 Å². The molecule has 2 atom stereocenters. The first kappa shape index (κ1) is 18.3. The quantitative estimate of drug-likeness (QED) is 0.790. The van der Waals surface area contributed by atoms with Crippen LogP contribution in [0.3, 0.4) is 0 Å².